The molecular weight excluding hydrogens is 144 g/mol. The smallest absolute Gasteiger partial charge is 0.334 e. The van der Waals surface area contributed by atoms with E-state index in [1.165, 1.54) is 13.2 Å². The van der Waals surface area contributed by atoms with Gasteiger partial charge in [0.25, 0.3) is 0 Å². The first-order valence-corrected chi connectivity index (χ1v) is 3.41. The van der Waals surface area contributed by atoms with E-state index in [1.807, 2.05) is 20.8 Å². The van der Waals surface area contributed by atoms with Gasteiger partial charge in [0, 0.05) is 0 Å². The quantitative estimate of drug-likeness (QED) is 0.492. The molecule has 64 valence electrons. The van der Waals surface area contributed by atoms with Crippen LogP contribution in [0.2, 0.25) is 0 Å². The Labute approximate surface area is 66.7 Å². The molecule has 0 radical (unpaired) electrons. The topological polar surface area (TPSA) is 46.5 Å². The zero-order valence-electron chi connectivity index (χ0n) is 7.34. The van der Waals surface area contributed by atoms with Crippen molar-refractivity contribution < 1.29 is 14.6 Å². The van der Waals surface area contributed by atoms with Crippen LogP contribution < -0.4 is 0 Å². The van der Waals surface area contributed by atoms with Crippen molar-refractivity contribution in [2.45, 2.75) is 33.3 Å². The SMILES string of the molecule is C/C(=C\OC(C)(C)C)C(=O)O. The molecule has 3 nitrogen and oxygen atoms in total. The summed E-state index contributed by atoms with van der Waals surface area (Å²) >= 11 is 0. The molecule has 0 saturated heterocycles. The molecule has 0 aliphatic carbocycles. The fraction of sp³-hybridized carbons (Fsp3) is 0.625. The number of hydrogen-bond donors (Lipinski definition) is 1. The summed E-state index contributed by atoms with van der Waals surface area (Å²) in [6.45, 7) is 7.07. The van der Waals surface area contributed by atoms with Gasteiger partial charge >= 0.3 is 5.97 Å². The lowest BCUT2D eigenvalue weighted by atomic mass is 10.2. The Bertz CT molecular complexity index is 174. The first-order chi connectivity index (χ1) is 4.83. The van der Waals surface area contributed by atoms with Crippen molar-refractivity contribution in [3.63, 3.8) is 0 Å². The third-order valence-corrected chi connectivity index (χ3v) is 0.927. The fourth-order valence-corrected chi connectivity index (χ4v) is 0.316. The highest BCUT2D eigenvalue weighted by molar-refractivity contribution is 5.85. The van der Waals surface area contributed by atoms with Crippen molar-refractivity contribution in [3.8, 4) is 0 Å². The molecule has 0 aromatic rings. The van der Waals surface area contributed by atoms with Crippen LogP contribution in [0.1, 0.15) is 27.7 Å². The van der Waals surface area contributed by atoms with Gasteiger partial charge in [-0.1, -0.05) is 0 Å². The predicted molar refractivity (Wildman–Crippen MR) is 42.2 cm³/mol. The van der Waals surface area contributed by atoms with Crippen LogP contribution in [0.25, 0.3) is 0 Å². The highest BCUT2D eigenvalue weighted by Gasteiger charge is 2.09. The van der Waals surface area contributed by atoms with Gasteiger partial charge in [-0.3, -0.25) is 0 Å². The number of ether oxygens (including phenoxy) is 1. The average molecular weight is 158 g/mol. The Balaban J connectivity index is 4.04. The average Bonchev–Trinajstić information content (AvgIpc) is 1.80. The number of rotatable bonds is 2. The number of carboxylic acids is 1. The van der Waals surface area contributed by atoms with E-state index in [1.54, 1.807) is 0 Å². The Hall–Kier alpha value is -0.990. The van der Waals surface area contributed by atoms with Crippen molar-refractivity contribution in [2.75, 3.05) is 0 Å². The van der Waals surface area contributed by atoms with Crippen molar-refractivity contribution in [2.24, 2.45) is 0 Å². The van der Waals surface area contributed by atoms with Crippen molar-refractivity contribution in [1.82, 2.24) is 0 Å². The van der Waals surface area contributed by atoms with Gasteiger partial charge in [-0.15, -0.1) is 0 Å². The minimum absolute atomic E-state index is 0.208. The van der Waals surface area contributed by atoms with Crippen LogP contribution in [0.15, 0.2) is 11.8 Å². The second-order valence-corrected chi connectivity index (χ2v) is 3.34. The lowest BCUT2D eigenvalue weighted by molar-refractivity contribution is -0.132. The minimum Gasteiger partial charge on any atom is -0.495 e. The van der Waals surface area contributed by atoms with Gasteiger partial charge in [0.2, 0.25) is 0 Å². The van der Waals surface area contributed by atoms with Gasteiger partial charge in [0.15, 0.2) is 0 Å². The zero-order valence-corrected chi connectivity index (χ0v) is 7.34. The number of hydrogen-bond acceptors (Lipinski definition) is 2. The normalized spacial score (nSPS) is 12.9. The van der Waals surface area contributed by atoms with E-state index in [2.05, 4.69) is 0 Å². The second kappa shape index (κ2) is 3.42. The van der Waals surface area contributed by atoms with E-state index in [-0.39, 0.29) is 11.2 Å². The van der Waals surface area contributed by atoms with E-state index < -0.39 is 5.97 Å². The van der Waals surface area contributed by atoms with Crippen LogP contribution in [0.4, 0.5) is 0 Å². The van der Waals surface area contributed by atoms with Crippen molar-refractivity contribution >= 4 is 5.97 Å². The van der Waals surface area contributed by atoms with Crippen LogP contribution in [-0.2, 0) is 9.53 Å². The standard InChI is InChI=1S/C8H14O3/c1-6(7(9)10)5-11-8(2,3)4/h5H,1-4H3,(H,9,10)/b6-5+. The Morgan fingerprint density at radius 2 is 1.91 bits per heavy atom. The fourth-order valence-electron chi connectivity index (χ4n) is 0.316. The summed E-state index contributed by atoms with van der Waals surface area (Å²) in [5.41, 5.74) is -0.114. The summed E-state index contributed by atoms with van der Waals surface area (Å²) in [5.74, 6) is -0.950. The number of carbonyl (C=O) groups is 1. The third-order valence-electron chi connectivity index (χ3n) is 0.927. The van der Waals surface area contributed by atoms with Gasteiger partial charge in [0.1, 0.15) is 0 Å². The molecule has 3 heteroatoms. The van der Waals surface area contributed by atoms with E-state index in [4.69, 9.17) is 9.84 Å². The predicted octanol–water partition coefficient (Wildman–Crippen LogP) is 1.79. The maximum absolute atomic E-state index is 10.3. The Morgan fingerprint density at radius 3 is 2.18 bits per heavy atom. The molecule has 0 bridgehead atoms. The largest absolute Gasteiger partial charge is 0.495 e. The van der Waals surface area contributed by atoms with Gasteiger partial charge in [0.05, 0.1) is 17.4 Å². The molecule has 0 aliphatic rings. The van der Waals surface area contributed by atoms with Crippen molar-refractivity contribution in [1.29, 1.82) is 0 Å². The Kier molecular flexibility index (Phi) is 3.11. The van der Waals surface area contributed by atoms with Gasteiger partial charge in [-0.2, -0.15) is 0 Å². The molecule has 0 rings (SSSR count). The van der Waals surface area contributed by atoms with Crippen LogP contribution in [0.3, 0.4) is 0 Å². The summed E-state index contributed by atoms with van der Waals surface area (Å²) in [5, 5.41) is 8.43. The lowest BCUT2D eigenvalue weighted by Gasteiger charge is -2.17. The van der Waals surface area contributed by atoms with E-state index in [9.17, 15) is 4.79 Å². The molecular formula is C8H14O3. The van der Waals surface area contributed by atoms with Crippen LogP contribution >= 0.6 is 0 Å². The second-order valence-electron chi connectivity index (χ2n) is 3.34. The third kappa shape index (κ3) is 5.45. The molecule has 0 heterocycles. The summed E-state index contributed by atoms with van der Waals surface area (Å²) in [4.78, 5) is 10.3. The minimum atomic E-state index is -0.950. The molecule has 0 fully saturated rings. The first-order valence-electron chi connectivity index (χ1n) is 3.41. The molecule has 0 saturated carbocycles. The van der Waals surface area contributed by atoms with Gasteiger partial charge in [-0.05, 0) is 27.7 Å². The molecule has 0 atom stereocenters. The van der Waals surface area contributed by atoms with Crippen LogP contribution in [0.5, 0.6) is 0 Å². The van der Waals surface area contributed by atoms with Crippen LogP contribution in [-0.4, -0.2) is 16.7 Å². The lowest BCUT2D eigenvalue weighted by Crippen LogP contribution is -2.16. The van der Waals surface area contributed by atoms with E-state index in [0.29, 0.717) is 0 Å². The van der Waals surface area contributed by atoms with E-state index >= 15 is 0 Å². The molecule has 0 aromatic heterocycles. The maximum Gasteiger partial charge on any atom is 0.334 e. The molecule has 0 aliphatic heterocycles. The highest BCUT2D eigenvalue weighted by Crippen LogP contribution is 2.08. The highest BCUT2D eigenvalue weighted by atomic mass is 16.5. The Morgan fingerprint density at radius 1 is 1.45 bits per heavy atom. The van der Waals surface area contributed by atoms with Crippen LogP contribution in [0, 0.1) is 0 Å². The van der Waals surface area contributed by atoms with Crippen molar-refractivity contribution in [3.05, 3.63) is 11.8 Å². The first kappa shape index (κ1) is 10.0. The summed E-state index contributed by atoms with van der Waals surface area (Å²) in [7, 11) is 0. The van der Waals surface area contributed by atoms with Gasteiger partial charge in [-0.25, -0.2) is 4.79 Å². The number of carboxylic acid groups (broad SMARTS) is 1. The summed E-state index contributed by atoms with van der Waals surface area (Å²) in [6.07, 6.45) is 1.27. The van der Waals surface area contributed by atoms with E-state index in [0.717, 1.165) is 0 Å². The molecule has 0 amide bonds. The zero-order chi connectivity index (χ0) is 9.07. The monoisotopic (exact) mass is 158 g/mol. The maximum atomic E-state index is 10.3. The molecule has 1 N–H and O–H groups in total. The molecule has 0 unspecified atom stereocenters. The van der Waals surface area contributed by atoms with Gasteiger partial charge < -0.3 is 9.84 Å². The summed E-state index contributed by atoms with van der Waals surface area (Å²) < 4.78 is 5.11. The molecule has 0 aromatic carbocycles. The molecule has 11 heavy (non-hydrogen) atoms. The molecule has 0 spiro atoms. The number of aliphatic carboxylic acids is 1. The summed E-state index contributed by atoms with van der Waals surface area (Å²) in [6, 6.07) is 0.